The van der Waals surface area contributed by atoms with Gasteiger partial charge in [-0.05, 0) is 31.4 Å². The number of sulfone groups is 1. The van der Waals surface area contributed by atoms with Crippen LogP contribution in [-0.4, -0.2) is 32.0 Å². The summed E-state index contributed by atoms with van der Waals surface area (Å²) in [7, 11) is -2.95. The van der Waals surface area contributed by atoms with E-state index in [0.717, 1.165) is 12.1 Å². The SMILES string of the molecule is C[C@@H](Cc1cccc(C(F)(F)F)c1)N[C@H]1CCS(=O)(=O)C1. The number of alkyl halides is 3. The summed E-state index contributed by atoms with van der Waals surface area (Å²) < 4.78 is 60.6. The smallest absolute Gasteiger partial charge is 0.310 e. The van der Waals surface area contributed by atoms with Crippen molar-refractivity contribution in [2.75, 3.05) is 11.5 Å². The van der Waals surface area contributed by atoms with Crippen molar-refractivity contribution < 1.29 is 21.6 Å². The molecule has 7 heteroatoms. The Morgan fingerprint density at radius 3 is 2.67 bits per heavy atom. The third-order valence-corrected chi connectivity index (χ3v) is 5.32. The van der Waals surface area contributed by atoms with E-state index in [1.165, 1.54) is 6.07 Å². The van der Waals surface area contributed by atoms with Gasteiger partial charge in [0, 0.05) is 12.1 Å². The predicted octanol–water partition coefficient (Wildman–Crippen LogP) is 2.41. The second-order valence-electron chi connectivity index (χ2n) is 5.57. The maximum atomic E-state index is 12.6. The van der Waals surface area contributed by atoms with Gasteiger partial charge in [-0.15, -0.1) is 0 Å². The van der Waals surface area contributed by atoms with Crippen LogP contribution in [0.15, 0.2) is 24.3 Å². The molecule has 0 amide bonds. The van der Waals surface area contributed by atoms with E-state index in [4.69, 9.17) is 0 Å². The fraction of sp³-hybridized carbons (Fsp3) is 0.571. The number of nitrogens with one attached hydrogen (secondary N) is 1. The molecule has 2 atom stereocenters. The quantitative estimate of drug-likeness (QED) is 0.926. The zero-order valence-corrected chi connectivity index (χ0v) is 12.5. The van der Waals surface area contributed by atoms with Gasteiger partial charge in [0.1, 0.15) is 0 Å². The van der Waals surface area contributed by atoms with Crippen LogP contribution < -0.4 is 5.32 Å². The Morgan fingerprint density at radius 1 is 1.38 bits per heavy atom. The first-order valence-electron chi connectivity index (χ1n) is 6.78. The van der Waals surface area contributed by atoms with Crippen LogP contribution in [0.5, 0.6) is 0 Å². The van der Waals surface area contributed by atoms with Crippen LogP contribution in [-0.2, 0) is 22.4 Å². The molecule has 1 heterocycles. The van der Waals surface area contributed by atoms with Gasteiger partial charge < -0.3 is 5.32 Å². The summed E-state index contributed by atoms with van der Waals surface area (Å²) >= 11 is 0. The molecule has 0 unspecified atom stereocenters. The molecule has 1 aliphatic heterocycles. The summed E-state index contributed by atoms with van der Waals surface area (Å²) in [5.74, 6) is 0.293. The summed E-state index contributed by atoms with van der Waals surface area (Å²) in [4.78, 5) is 0. The molecular formula is C14H18F3NO2S. The molecule has 0 spiro atoms. The fourth-order valence-corrected chi connectivity index (χ4v) is 4.30. The highest BCUT2D eigenvalue weighted by Gasteiger charge is 2.31. The Hall–Kier alpha value is -1.08. The molecule has 1 N–H and O–H groups in total. The van der Waals surface area contributed by atoms with E-state index in [2.05, 4.69) is 5.32 Å². The lowest BCUT2D eigenvalue weighted by atomic mass is 10.0. The lowest BCUT2D eigenvalue weighted by molar-refractivity contribution is -0.137. The Morgan fingerprint density at radius 2 is 2.10 bits per heavy atom. The summed E-state index contributed by atoms with van der Waals surface area (Å²) in [6.07, 6.45) is -3.35. The summed E-state index contributed by atoms with van der Waals surface area (Å²) in [6, 6.07) is 5.06. The second kappa shape index (κ2) is 5.96. The first-order valence-corrected chi connectivity index (χ1v) is 8.60. The van der Waals surface area contributed by atoms with E-state index < -0.39 is 21.6 Å². The normalized spacial score (nSPS) is 23.1. The van der Waals surface area contributed by atoms with Crippen LogP contribution in [0.1, 0.15) is 24.5 Å². The van der Waals surface area contributed by atoms with E-state index >= 15 is 0 Å². The molecule has 3 nitrogen and oxygen atoms in total. The van der Waals surface area contributed by atoms with Crippen molar-refractivity contribution in [3.05, 3.63) is 35.4 Å². The van der Waals surface area contributed by atoms with E-state index in [1.54, 1.807) is 6.07 Å². The number of rotatable bonds is 4. The molecule has 1 fully saturated rings. The Balaban J connectivity index is 1.95. The van der Waals surface area contributed by atoms with Crippen LogP contribution in [0.4, 0.5) is 13.2 Å². The van der Waals surface area contributed by atoms with E-state index in [0.29, 0.717) is 18.4 Å². The Labute approximate surface area is 122 Å². The van der Waals surface area contributed by atoms with Gasteiger partial charge in [0.15, 0.2) is 9.84 Å². The van der Waals surface area contributed by atoms with Gasteiger partial charge >= 0.3 is 6.18 Å². The molecule has 1 aliphatic rings. The summed E-state index contributed by atoms with van der Waals surface area (Å²) in [5.41, 5.74) is -0.0682. The fourth-order valence-electron chi connectivity index (χ4n) is 2.62. The number of benzene rings is 1. The van der Waals surface area contributed by atoms with E-state index in [9.17, 15) is 21.6 Å². The minimum absolute atomic E-state index is 0.0771. The van der Waals surface area contributed by atoms with Gasteiger partial charge in [-0.25, -0.2) is 8.42 Å². The standard InChI is InChI=1S/C14H18F3NO2S/c1-10(18-13-5-6-21(19,20)9-13)7-11-3-2-4-12(8-11)14(15,16)17/h2-4,8,10,13,18H,5-7,9H2,1H3/t10-,13-/m0/s1. The molecule has 0 aromatic heterocycles. The topological polar surface area (TPSA) is 46.2 Å². The Bertz CT molecular complexity index is 598. The van der Waals surface area contributed by atoms with Crippen molar-refractivity contribution in [2.24, 2.45) is 0 Å². The van der Waals surface area contributed by atoms with Crippen LogP contribution in [0.2, 0.25) is 0 Å². The van der Waals surface area contributed by atoms with Crippen LogP contribution in [0, 0.1) is 0 Å². The minimum atomic E-state index is -4.34. The molecule has 1 aromatic rings. The molecule has 21 heavy (non-hydrogen) atoms. The molecule has 1 saturated heterocycles. The monoisotopic (exact) mass is 321 g/mol. The third kappa shape index (κ3) is 4.71. The lowest BCUT2D eigenvalue weighted by Gasteiger charge is -2.19. The average Bonchev–Trinajstić information content (AvgIpc) is 2.67. The predicted molar refractivity (Wildman–Crippen MR) is 74.8 cm³/mol. The lowest BCUT2D eigenvalue weighted by Crippen LogP contribution is -2.38. The molecular weight excluding hydrogens is 303 g/mol. The molecule has 0 radical (unpaired) electrons. The first-order chi connectivity index (χ1) is 9.66. The molecule has 0 saturated carbocycles. The largest absolute Gasteiger partial charge is 0.416 e. The van der Waals surface area contributed by atoms with Crippen molar-refractivity contribution in [1.82, 2.24) is 5.32 Å². The van der Waals surface area contributed by atoms with E-state index in [1.807, 2.05) is 6.92 Å². The van der Waals surface area contributed by atoms with Gasteiger partial charge in [0.25, 0.3) is 0 Å². The van der Waals surface area contributed by atoms with Crippen molar-refractivity contribution in [2.45, 2.75) is 38.0 Å². The highest BCUT2D eigenvalue weighted by molar-refractivity contribution is 7.91. The highest BCUT2D eigenvalue weighted by atomic mass is 32.2. The van der Waals surface area contributed by atoms with Gasteiger partial charge in [0.2, 0.25) is 0 Å². The van der Waals surface area contributed by atoms with Gasteiger partial charge in [-0.1, -0.05) is 18.2 Å². The van der Waals surface area contributed by atoms with Gasteiger partial charge in [-0.3, -0.25) is 0 Å². The van der Waals surface area contributed by atoms with E-state index in [-0.39, 0.29) is 23.6 Å². The molecule has 0 bridgehead atoms. The highest BCUT2D eigenvalue weighted by Crippen LogP contribution is 2.29. The van der Waals surface area contributed by atoms with Crippen molar-refractivity contribution in [3.63, 3.8) is 0 Å². The first kappa shape index (κ1) is 16.3. The van der Waals surface area contributed by atoms with Crippen LogP contribution >= 0.6 is 0 Å². The molecule has 118 valence electrons. The number of hydrogen-bond donors (Lipinski definition) is 1. The molecule has 0 aliphatic carbocycles. The zero-order chi connectivity index (χ0) is 15.7. The van der Waals surface area contributed by atoms with Gasteiger partial charge in [0.05, 0.1) is 17.1 Å². The zero-order valence-electron chi connectivity index (χ0n) is 11.7. The van der Waals surface area contributed by atoms with Crippen LogP contribution in [0.25, 0.3) is 0 Å². The average molecular weight is 321 g/mol. The third-order valence-electron chi connectivity index (χ3n) is 3.55. The maximum Gasteiger partial charge on any atom is 0.416 e. The van der Waals surface area contributed by atoms with Crippen LogP contribution in [0.3, 0.4) is 0 Å². The Kier molecular flexibility index (Phi) is 4.63. The molecule has 2 rings (SSSR count). The molecule has 1 aromatic carbocycles. The maximum absolute atomic E-state index is 12.6. The van der Waals surface area contributed by atoms with Crippen molar-refractivity contribution in [3.8, 4) is 0 Å². The minimum Gasteiger partial charge on any atom is -0.310 e. The van der Waals surface area contributed by atoms with Crippen molar-refractivity contribution in [1.29, 1.82) is 0 Å². The summed E-state index contributed by atoms with van der Waals surface area (Å²) in [6.45, 7) is 1.85. The second-order valence-corrected chi connectivity index (χ2v) is 7.80. The van der Waals surface area contributed by atoms with Gasteiger partial charge in [-0.2, -0.15) is 13.2 Å². The van der Waals surface area contributed by atoms with Crippen molar-refractivity contribution >= 4 is 9.84 Å². The number of halogens is 3. The number of hydrogen-bond acceptors (Lipinski definition) is 3. The summed E-state index contributed by atoms with van der Waals surface area (Å²) in [5, 5.41) is 3.18.